The first kappa shape index (κ1) is 30.2. The molecule has 3 saturated heterocycles. The molecule has 0 bridgehead atoms. The first-order valence-electron chi connectivity index (χ1n) is 15.3. The van der Waals surface area contributed by atoms with E-state index in [1.165, 1.54) is 30.5 Å². The first-order valence-corrected chi connectivity index (χ1v) is 15.3. The van der Waals surface area contributed by atoms with E-state index in [-0.39, 0.29) is 57.7 Å². The van der Waals surface area contributed by atoms with Gasteiger partial charge in [-0.2, -0.15) is 9.97 Å². The largest absolute Gasteiger partial charge is 0.508 e. The van der Waals surface area contributed by atoms with Crippen LogP contribution in [0.5, 0.6) is 11.8 Å². The van der Waals surface area contributed by atoms with Crippen LogP contribution in [0.4, 0.5) is 19.0 Å². The van der Waals surface area contributed by atoms with E-state index >= 15 is 4.39 Å². The number of phenols is 1. The van der Waals surface area contributed by atoms with E-state index in [0.717, 1.165) is 25.0 Å². The average Bonchev–Trinajstić information content (AvgIpc) is 3.61. The Labute approximate surface area is 264 Å². The first-order chi connectivity index (χ1) is 22.3. The number of anilines is 1. The smallest absolute Gasteiger partial charge is 0.319 e. The number of hydrogen-bond donors (Lipinski definition) is 2. The van der Waals surface area contributed by atoms with Gasteiger partial charge in [0.25, 0.3) is 0 Å². The highest BCUT2D eigenvalue weighted by atomic mass is 19.1. The normalized spacial score (nSPS) is 22.5. The number of nitrogens with one attached hydrogen (secondary N) is 1. The van der Waals surface area contributed by atoms with Gasteiger partial charge in [0, 0.05) is 56.5 Å². The lowest BCUT2D eigenvalue weighted by atomic mass is 9.94. The molecule has 0 aliphatic carbocycles. The van der Waals surface area contributed by atoms with E-state index in [1.807, 2.05) is 4.90 Å². The van der Waals surface area contributed by atoms with Crippen LogP contribution in [0.2, 0.25) is 0 Å². The van der Waals surface area contributed by atoms with Crippen molar-refractivity contribution in [3.63, 3.8) is 0 Å². The van der Waals surface area contributed by atoms with Crippen molar-refractivity contribution in [2.75, 3.05) is 57.9 Å². The maximum atomic E-state index is 16.8. The van der Waals surface area contributed by atoms with Crippen molar-refractivity contribution in [1.29, 1.82) is 0 Å². The Hall–Kier alpha value is -4.44. The van der Waals surface area contributed by atoms with Gasteiger partial charge in [-0.3, -0.25) is 9.88 Å². The highest BCUT2D eigenvalue weighted by molar-refractivity contribution is 6.03. The fourth-order valence-corrected chi connectivity index (χ4v) is 7.25. The Balaban J connectivity index is 1.37. The van der Waals surface area contributed by atoms with Gasteiger partial charge in [-0.1, -0.05) is 12.0 Å². The molecule has 7 rings (SSSR count). The van der Waals surface area contributed by atoms with Gasteiger partial charge in [0.1, 0.15) is 35.2 Å². The van der Waals surface area contributed by atoms with Gasteiger partial charge in [0.05, 0.1) is 29.4 Å². The van der Waals surface area contributed by atoms with Crippen molar-refractivity contribution < 1.29 is 27.8 Å². The van der Waals surface area contributed by atoms with Crippen molar-refractivity contribution in [3.05, 3.63) is 59.6 Å². The van der Waals surface area contributed by atoms with E-state index in [9.17, 15) is 13.9 Å². The molecule has 2 N–H and O–H groups in total. The van der Waals surface area contributed by atoms with Crippen LogP contribution in [0.25, 0.3) is 32.9 Å². The number of rotatable bonds is 7. The minimum atomic E-state index is -0.794. The molecule has 2 aromatic heterocycles. The van der Waals surface area contributed by atoms with Crippen LogP contribution in [0, 0.1) is 24.0 Å². The third-order valence-electron chi connectivity index (χ3n) is 9.33. The topological polar surface area (TPSA) is 95.9 Å². The van der Waals surface area contributed by atoms with Crippen LogP contribution in [0.15, 0.2) is 42.4 Å². The van der Waals surface area contributed by atoms with E-state index < -0.39 is 11.6 Å². The van der Waals surface area contributed by atoms with Gasteiger partial charge >= 0.3 is 6.01 Å². The number of benzene rings is 2. The highest BCUT2D eigenvalue weighted by Crippen LogP contribution is 2.42. The maximum Gasteiger partial charge on any atom is 0.319 e. The Morgan fingerprint density at radius 1 is 1.24 bits per heavy atom. The zero-order chi connectivity index (χ0) is 32.0. The van der Waals surface area contributed by atoms with Crippen molar-refractivity contribution >= 4 is 27.5 Å². The van der Waals surface area contributed by atoms with E-state index in [2.05, 4.69) is 26.1 Å². The summed E-state index contributed by atoms with van der Waals surface area (Å²) in [7, 11) is 1.63. The summed E-state index contributed by atoms with van der Waals surface area (Å²) >= 11 is 0. The number of aromatic hydroxyl groups is 1. The molecule has 46 heavy (non-hydrogen) atoms. The number of aromatic nitrogens is 3. The van der Waals surface area contributed by atoms with Crippen molar-refractivity contribution in [2.45, 2.75) is 30.8 Å². The number of methoxy groups -OCH3 is 1. The molecule has 0 saturated carbocycles. The van der Waals surface area contributed by atoms with Gasteiger partial charge in [0.2, 0.25) is 0 Å². The van der Waals surface area contributed by atoms with Crippen LogP contribution in [0.1, 0.15) is 24.8 Å². The summed E-state index contributed by atoms with van der Waals surface area (Å²) in [5.74, 6) is 1.21. The van der Waals surface area contributed by atoms with E-state index in [1.54, 1.807) is 7.11 Å². The second kappa shape index (κ2) is 12.1. The number of ether oxygens (including phenoxy) is 2. The highest BCUT2D eigenvalue weighted by Gasteiger charge is 2.47. The fourth-order valence-electron chi connectivity index (χ4n) is 7.25. The second-order valence-electron chi connectivity index (χ2n) is 12.2. The number of terminal acetylenes is 1. The Bertz CT molecular complexity index is 1910. The molecule has 9 nitrogen and oxygen atoms in total. The monoisotopic (exact) mass is 630 g/mol. The van der Waals surface area contributed by atoms with Gasteiger partial charge in [0.15, 0.2) is 5.82 Å². The molecule has 4 aromatic rings. The molecule has 5 heterocycles. The number of piperazine rings is 1. The zero-order valence-electron chi connectivity index (χ0n) is 25.3. The maximum absolute atomic E-state index is 16.8. The minimum Gasteiger partial charge on any atom is -0.508 e. The van der Waals surface area contributed by atoms with Crippen LogP contribution in [-0.4, -0.2) is 89.6 Å². The average molecular weight is 631 g/mol. The quantitative estimate of drug-likeness (QED) is 0.282. The van der Waals surface area contributed by atoms with Crippen molar-refractivity contribution in [1.82, 2.24) is 25.2 Å². The number of phenolic OH excluding ortho intramolecular Hbond substituents is 1. The molecule has 3 aliphatic heterocycles. The van der Waals surface area contributed by atoms with Crippen LogP contribution < -0.4 is 15.0 Å². The Kier molecular flexibility index (Phi) is 7.92. The summed E-state index contributed by atoms with van der Waals surface area (Å²) in [4.78, 5) is 18.0. The fraction of sp³-hybridized carbons (Fsp3) is 0.382. The summed E-state index contributed by atoms with van der Waals surface area (Å²) in [6.45, 7) is 3.84. The van der Waals surface area contributed by atoms with Gasteiger partial charge in [-0.05, 0) is 55.0 Å². The molecule has 2 aromatic carbocycles. The van der Waals surface area contributed by atoms with Crippen LogP contribution >= 0.6 is 0 Å². The van der Waals surface area contributed by atoms with E-state index in [4.69, 9.17) is 20.9 Å². The molecular formula is C34H33F3N6O3. The summed E-state index contributed by atoms with van der Waals surface area (Å²) in [5, 5.41) is 15.0. The summed E-state index contributed by atoms with van der Waals surface area (Å²) < 4.78 is 56.7. The van der Waals surface area contributed by atoms with Crippen molar-refractivity contribution in [2.24, 2.45) is 0 Å². The summed E-state index contributed by atoms with van der Waals surface area (Å²) in [6.07, 6.45) is 10.2. The van der Waals surface area contributed by atoms with Crippen molar-refractivity contribution in [3.8, 4) is 35.4 Å². The zero-order valence-corrected chi connectivity index (χ0v) is 25.3. The third-order valence-corrected chi connectivity index (χ3v) is 9.33. The third kappa shape index (κ3) is 5.18. The van der Waals surface area contributed by atoms with E-state index in [0.29, 0.717) is 62.1 Å². The van der Waals surface area contributed by atoms with Gasteiger partial charge in [-0.25, -0.2) is 13.2 Å². The van der Waals surface area contributed by atoms with Gasteiger partial charge < -0.3 is 24.8 Å². The number of hydrogen-bond acceptors (Lipinski definition) is 9. The molecule has 12 heteroatoms. The molecule has 3 aliphatic rings. The number of pyridine rings is 1. The molecule has 0 radical (unpaired) electrons. The molecule has 238 valence electrons. The minimum absolute atomic E-state index is 0.0104. The molecule has 2 unspecified atom stereocenters. The molecule has 0 spiro atoms. The molecule has 3 fully saturated rings. The van der Waals surface area contributed by atoms with Crippen LogP contribution in [-0.2, 0) is 4.74 Å². The standard InChI is InChI=1S/C34H33F3N6O3/c1-3-24-27(36)6-5-21-11-23(44)12-25(28(21)24)30-29(37)31-26(15-39-30)32(42-10-8-38-22(17-42)18-45-2)41-33(40-31)46-19-34-7-4-9-43(34)16-20(13-34)14-35/h1,5-6,11-12,14-15,22,38,44H,4,7-10,13,16-19H2,2H3/b20-14+. The predicted octanol–water partition coefficient (Wildman–Crippen LogP) is 4.71. The molecular weight excluding hydrogens is 597 g/mol. The second-order valence-corrected chi connectivity index (χ2v) is 12.2. The lowest BCUT2D eigenvalue weighted by molar-refractivity contribution is 0.108. The Morgan fingerprint density at radius 2 is 2.11 bits per heavy atom. The molecule has 2 atom stereocenters. The predicted molar refractivity (Wildman–Crippen MR) is 169 cm³/mol. The molecule has 0 amide bonds. The number of nitrogens with zero attached hydrogens (tertiary/aromatic N) is 5. The number of fused-ring (bicyclic) bond motifs is 3. The lowest BCUT2D eigenvalue weighted by Gasteiger charge is -2.35. The summed E-state index contributed by atoms with van der Waals surface area (Å²) in [5.41, 5.74) is 0.203. The number of halogens is 3. The lowest BCUT2D eigenvalue weighted by Crippen LogP contribution is -2.53. The van der Waals surface area contributed by atoms with Crippen LogP contribution in [0.3, 0.4) is 0 Å². The Morgan fingerprint density at radius 3 is 2.91 bits per heavy atom. The summed E-state index contributed by atoms with van der Waals surface area (Å²) in [6, 6.07) is 5.42. The SMILES string of the molecule is C#Cc1c(F)ccc2cc(O)cc(-c3ncc4c(N5CCNC(COC)C5)nc(OCC56CCCN5C/C(=C/F)C6)nc4c3F)c12. The van der Waals surface area contributed by atoms with Gasteiger partial charge in [-0.15, -0.1) is 6.42 Å².